The third kappa shape index (κ3) is 5.11. The minimum atomic E-state index is -0.393. The normalized spacial score (nSPS) is 10.9. The van der Waals surface area contributed by atoms with Gasteiger partial charge >= 0.3 is 0 Å². The van der Waals surface area contributed by atoms with Crippen LogP contribution >= 0.6 is 0 Å². The number of halogens is 1. The molecule has 118 valence electrons. The first-order valence-corrected chi connectivity index (χ1v) is 7.47. The number of rotatable bonds is 5. The van der Waals surface area contributed by atoms with Crippen LogP contribution in [0.5, 0.6) is 0 Å². The highest BCUT2D eigenvalue weighted by Gasteiger charge is 2.05. The molecule has 0 aliphatic heterocycles. The first-order chi connectivity index (χ1) is 11.2. The van der Waals surface area contributed by atoms with Crippen molar-refractivity contribution < 1.29 is 4.39 Å². The van der Waals surface area contributed by atoms with Gasteiger partial charge in [0.1, 0.15) is 5.82 Å². The van der Waals surface area contributed by atoms with Crippen LogP contribution in [0.15, 0.2) is 53.5 Å². The van der Waals surface area contributed by atoms with Crippen LogP contribution < -0.4 is 10.6 Å². The van der Waals surface area contributed by atoms with E-state index in [1.165, 1.54) is 6.07 Å². The molecule has 0 fully saturated rings. The molecule has 0 heterocycles. The lowest BCUT2D eigenvalue weighted by atomic mass is 10.1. The molecule has 0 amide bonds. The highest BCUT2D eigenvalue weighted by molar-refractivity contribution is 5.79. The van der Waals surface area contributed by atoms with E-state index in [1.54, 1.807) is 12.1 Å². The van der Waals surface area contributed by atoms with E-state index in [9.17, 15) is 4.39 Å². The van der Waals surface area contributed by atoms with E-state index in [0.717, 1.165) is 12.1 Å². The lowest BCUT2D eigenvalue weighted by Gasteiger charge is -2.12. The van der Waals surface area contributed by atoms with Gasteiger partial charge in [0.25, 0.3) is 0 Å². The third-order valence-electron chi connectivity index (χ3n) is 3.24. The summed E-state index contributed by atoms with van der Waals surface area (Å²) in [6.45, 7) is 3.54. The zero-order valence-corrected chi connectivity index (χ0v) is 13.0. The Morgan fingerprint density at radius 1 is 1.17 bits per heavy atom. The molecule has 5 heteroatoms. The lowest BCUT2D eigenvalue weighted by molar-refractivity contribution is 0.604. The average Bonchev–Trinajstić information content (AvgIpc) is 2.59. The first kappa shape index (κ1) is 16.5. The van der Waals surface area contributed by atoms with Crippen molar-refractivity contribution in [3.63, 3.8) is 0 Å². The quantitative estimate of drug-likeness (QED) is 0.659. The summed E-state index contributed by atoms with van der Waals surface area (Å²) in [4.78, 5) is 4.48. The van der Waals surface area contributed by atoms with Crippen LogP contribution in [0, 0.1) is 17.1 Å². The second kappa shape index (κ2) is 8.54. The van der Waals surface area contributed by atoms with Gasteiger partial charge in [-0.05, 0) is 24.6 Å². The second-order valence-corrected chi connectivity index (χ2v) is 4.95. The van der Waals surface area contributed by atoms with Gasteiger partial charge in [-0.3, -0.25) is 0 Å². The second-order valence-electron chi connectivity index (χ2n) is 4.95. The Kier molecular flexibility index (Phi) is 6.13. The van der Waals surface area contributed by atoms with Gasteiger partial charge in [0.05, 0.1) is 18.2 Å². The molecule has 0 radical (unpaired) electrons. The van der Waals surface area contributed by atoms with Crippen molar-refractivity contribution in [3.05, 3.63) is 71.0 Å². The Hall–Kier alpha value is -2.87. The standard InChI is InChI=1S/C18H19FN4/c1-2-21-18(22-12-14-6-4-3-5-7-14)23-13-16-9-8-15(11-20)10-17(16)19/h3-10H,2,12-13H2,1H3,(H2,21,22,23). The molecule has 0 aliphatic carbocycles. The van der Waals surface area contributed by atoms with Crippen molar-refractivity contribution in [3.8, 4) is 6.07 Å². The number of nitrogens with one attached hydrogen (secondary N) is 2. The number of guanidine groups is 1. The molecule has 0 atom stereocenters. The van der Waals surface area contributed by atoms with Gasteiger partial charge in [0.2, 0.25) is 0 Å². The van der Waals surface area contributed by atoms with Crippen LogP contribution in [0.25, 0.3) is 0 Å². The molecule has 4 nitrogen and oxygen atoms in total. The van der Waals surface area contributed by atoms with Gasteiger partial charge in [-0.2, -0.15) is 5.26 Å². The largest absolute Gasteiger partial charge is 0.357 e. The van der Waals surface area contributed by atoms with E-state index < -0.39 is 5.82 Å². The Morgan fingerprint density at radius 3 is 2.61 bits per heavy atom. The van der Waals surface area contributed by atoms with Crippen molar-refractivity contribution in [1.82, 2.24) is 10.6 Å². The van der Waals surface area contributed by atoms with Crippen molar-refractivity contribution >= 4 is 5.96 Å². The topological polar surface area (TPSA) is 60.2 Å². The molecule has 2 aromatic carbocycles. The molecule has 0 saturated carbocycles. The van der Waals surface area contributed by atoms with Crippen LogP contribution in [0.4, 0.5) is 4.39 Å². The van der Waals surface area contributed by atoms with Crippen LogP contribution in [0.2, 0.25) is 0 Å². The van der Waals surface area contributed by atoms with Gasteiger partial charge in [-0.25, -0.2) is 9.38 Å². The van der Waals surface area contributed by atoms with Crippen molar-refractivity contribution in [2.24, 2.45) is 4.99 Å². The van der Waals surface area contributed by atoms with Crippen molar-refractivity contribution in [1.29, 1.82) is 5.26 Å². The lowest BCUT2D eigenvalue weighted by Crippen LogP contribution is -2.37. The fraction of sp³-hybridized carbons (Fsp3) is 0.222. The van der Waals surface area contributed by atoms with Crippen LogP contribution in [-0.2, 0) is 13.1 Å². The van der Waals surface area contributed by atoms with Gasteiger partial charge in [-0.1, -0.05) is 36.4 Å². The maximum Gasteiger partial charge on any atom is 0.191 e. The Balaban J connectivity index is 2.01. The van der Waals surface area contributed by atoms with E-state index in [-0.39, 0.29) is 0 Å². The number of nitriles is 1. The molecule has 0 saturated heterocycles. The fourth-order valence-corrected chi connectivity index (χ4v) is 2.03. The van der Waals surface area contributed by atoms with Crippen LogP contribution in [-0.4, -0.2) is 12.5 Å². The molecular formula is C18H19FN4. The maximum atomic E-state index is 13.9. The van der Waals surface area contributed by atoms with E-state index in [4.69, 9.17) is 5.26 Å². The SMILES string of the molecule is CCNC(=NCc1ccccc1)NCc1ccc(C#N)cc1F. The van der Waals surface area contributed by atoms with Crippen LogP contribution in [0.3, 0.4) is 0 Å². The predicted octanol–water partition coefficient (Wildman–Crippen LogP) is 2.95. The summed E-state index contributed by atoms with van der Waals surface area (Å²) >= 11 is 0. The molecule has 23 heavy (non-hydrogen) atoms. The molecule has 0 spiro atoms. The van der Waals surface area contributed by atoms with Crippen molar-refractivity contribution in [2.45, 2.75) is 20.0 Å². The number of benzene rings is 2. The Bertz CT molecular complexity index is 705. The number of hydrogen-bond donors (Lipinski definition) is 2. The third-order valence-corrected chi connectivity index (χ3v) is 3.24. The molecule has 2 N–H and O–H groups in total. The zero-order chi connectivity index (χ0) is 16.5. The van der Waals surface area contributed by atoms with Crippen molar-refractivity contribution in [2.75, 3.05) is 6.54 Å². The van der Waals surface area contributed by atoms with E-state index in [2.05, 4.69) is 15.6 Å². The fourth-order valence-electron chi connectivity index (χ4n) is 2.03. The molecule has 2 aromatic rings. The Labute approximate surface area is 135 Å². The summed E-state index contributed by atoms with van der Waals surface area (Å²) in [5.74, 6) is 0.232. The zero-order valence-electron chi connectivity index (χ0n) is 13.0. The summed E-state index contributed by atoms with van der Waals surface area (Å²) in [5.41, 5.74) is 1.92. The minimum absolute atomic E-state index is 0.304. The van der Waals surface area contributed by atoms with E-state index in [1.807, 2.05) is 43.3 Å². The minimum Gasteiger partial charge on any atom is -0.357 e. The molecule has 2 rings (SSSR count). The number of nitrogens with zero attached hydrogens (tertiary/aromatic N) is 2. The highest BCUT2D eigenvalue weighted by Crippen LogP contribution is 2.09. The van der Waals surface area contributed by atoms with Crippen LogP contribution in [0.1, 0.15) is 23.6 Å². The summed E-state index contributed by atoms with van der Waals surface area (Å²) < 4.78 is 13.9. The van der Waals surface area contributed by atoms with E-state index >= 15 is 0 Å². The summed E-state index contributed by atoms with van der Waals surface area (Å²) in [7, 11) is 0. The maximum absolute atomic E-state index is 13.9. The smallest absolute Gasteiger partial charge is 0.191 e. The molecule has 0 bridgehead atoms. The van der Waals surface area contributed by atoms with E-state index in [0.29, 0.717) is 30.2 Å². The average molecular weight is 310 g/mol. The molecule has 0 unspecified atom stereocenters. The van der Waals surface area contributed by atoms with Gasteiger partial charge in [-0.15, -0.1) is 0 Å². The number of aliphatic imine (C=N–C) groups is 1. The van der Waals surface area contributed by atoms with Gasteiger partial charge < -0.3 is 10.6 Å². The van der Waals surface area contributed by atoms with Gasteiger partial charge in [0.15, 0.2) is 5.96 Å². The molecule has 0 aromatic heterocycles. The Morgan fingerprint density at radius 2 is 1.96 bits per heavy atom. The summed E-state index contributed by atoms with van der Waals surface area (Å²) in [5, 5.41) is 15.0. The van der Waals surface area contributed by atoms with Gasteiger partial charge in [0, 0.05) is 18.7 Å². The number of hydrogen-bond acceptors (Lipinski definition) is 2. The predicted molar refractivity (Wildman–Crippen MR) is 89.2 cm³/mol. The summed E-state index contributed by atoms with van der Waals surface area (Å²) in [6.07, 6.45) is 0. The highest BCUT2D eigenvalue weighted by atomic mass is 19.1. The summed E-state index contributed by atoms with van der Waals surface area (Å²) in [6, 6.07) is 16.3. The molecule has 0 aliphatic rings. The molecular weight excluding hydrogens is 291 g/mol. The monoisotopic (exact) mass is 310 g/mol. The first-order valence-electron chi connectivity index (χ1n) is 7.47.